The maximum atomic E-state index is 14.4. The highest BCUT2D eigenvalue weighted by Gasteiger charge is 2.25. The molecule has 5 rings (SSSR count). The number of hydrogen-bond donors (Lipinski definition) is 2. The molecule has 4 aromatic carbocycles. The Morgan fingerprint density at radius 2 is 1.75 bits per heavy atom. The van der Waals surface area contributed by atoms with E-state index < -0.39 is 17.7 Å². The van der Waals surface area contributed by atoms with Gasteiger partial charge in [0.05, 0.1) is 36.5 Å². The molecule has 44 heavy (non-hydrogen) atoms. The predicted molar refractivity (Wildman–Crippen MR) is 170 cm³/mol. The van der Waals surface area contributed by atoms with Crippen LogP contribution in [-0.2, 0) is 0 Å². The second-order valence-corrected chi connectivity index (χ2v) is 10.8. The third-order valence-corrected chi connectivity index (χ3v) is 7.75. The zero-order chi connectivity index (χ0) is 31.5. The van der Waals surface area contributed by atoms with Crippen molar-refractivity contribution < 1.29 is 28.6 Å². The van der Waals surface area contributed by atoms with Gasteiger partial charge in [-0.25, -0.2) is 14.2 Å². The molecule has 0 fully saturated rings. The number of rotatable bonds is 10. The number of nitrogens with zero attached hydrogens (tertiary/aromatic N) is 2. The van der Waals surface area contributed by atoms with E-state index in [2.05, 4.69) is 9.97 Å². The Kier molecular flexibility index (Phi) is 9.08. The molecule has 5 aromatic rings. The van der Waals surface area contributed by atoms with Crippen LogP contribution in [0.25, 0.3) is 33.5 Å². The van der Waals surface area contributed by atoms with Crippen molar-refractivity contribution in [1.82, 2.24) is 9.97 Å². The first kappa shape index (κ1) is 30.8. The van der Waals surface area contributed by atoms with Crippen LogP contribution in [0.2, 0.25) is 10.0 Å². The second kappa shape index (κ2) is 13.0. The SMILES string of the molecule is CCCCN(C(=O)c1ccc(-c2c(Cl)cccc2-c2nc3cc(OC)c(F)cc3[nH]2)c(C(=O)O)c1)c1ccc(Cl)cc1OC. The quantitative estimate of drug-likeness (QED) is 0.159. The van der Waals surface area contributed by atoms with Gasteiger partial charge >= 0.3 is 5.97 Å². The summed E-state index contributed by atoms with van der Waals surface area (Å²) in [5, 5.41) is 11.0. The maximum absolute atomic E-state index is 14.4. The highest BCUT2D eigenvalue weighted by Crippen LogP contribution is 2.40. The minimum Gasteiger partial charge on any atom is -0.495 e. The number of H-pyrrole nitrogens is 1. The Morgan fingerprint density at radius 3 is 2.45 bits per heavy atom. The molecule has 0 saturated heterocycles. The van der Waals surface area contributed by atoms with Crippen LogP contribution in [0.3, 0.4) is 0 Å². The number of nitrogens with one attached hydrogen (secondary N) is 1. The number of ether oxygens (including phenoxy) is 2. The lowest BCUT2D eigenvalue weighted by atomic mass is 9.93. The Labute approximate surface area is 263 Å². The summed E-state index contributed by atoms with van der Waals surface area (Å²) in [7, 11) is 2.86. The van der Waals surface area contributed by atoms with E-state index in [9.17, 15) is 19.1 Å². The molecule has 0 saturated carbocycles. The van der Waals surface area contributed by atoms with Gasteiger partial charge in [-0.3, -0.25) is 4.79 Å². The van der Waals surface area contributed by atoms with Gasteiger partial charge in [0.25, 0.3) is 5.91 Å². The van der Waals surface area contributed by atoms with Gasteiger partial charge in [0, 0.05) is 51.5 Å². The number of imidazole rings is 1. The molecule has 0 atom stereocenters. The number of methoxy groups -OCH3 is 2. The summed E-state index contributed by atoms with van der Waals surface area (Å²) in [6, 6.07) is 17.3. The molecule has 8 nitrogen and oxygen atoms in total. The summed E-state index contributed by atoms with van der Waals surface area (Å²) in [4.78, 5) is 35.8. The van der Waals surface area contributed by atoms with Crippen LogP contribution in [-0.4, -0.2) is 47.7 Å². The fraction of sp³-hybridized carbons (Fsp3) is 0.182. The van der Waals surface area contributed by atoms with Gasteiger partial charge in [-0.2, -0.15) is 0 Å². The molecular weight excluding hydrogens is 608 g/mol. The van der Waals surface area contributed by atoms with Crippen LogP contribution in [0.4, 0.5) is 10.1 Å². The van der Waals surface area contributed by atoms with Gasteiger partial charge in [-0.05, 0) is 42.3 Å². The lowest BCUT2D eigenvalue weighted by Gasteiger charge is -2.25. The lowest BCUT2D eigenvalue weighted by Crippen LogP contribution is -2.32. The number of carbonyl (C=O) groups excluding carboxylic acids is 1. The molecule has 1 amide bonds. The number of aromatic amines is 1. The molecule has 11 heteroatoms. The fourth-order valence-corrected chi connectivity index (χ4v) is 5.48. The Hall–Kier alpha value is -4.60. The van der Waals surface area contributed by atoms with Crippen LogP contribution < -0.4 is 14.4 Å². The number of aromatic nitrogens is 2. The molecule has 0 aliphatic heterocycles. The fourth-order valence-electron chi connectivity index (χ4n) is 5.04. The van der Waals surface area contributed by atoms with Crippen LogP contribution in [0.5, 0.6) is 11.5 Å². The first-order valence-corrected chi connectivity index (χ1v) is 14.5. The summed E-state index contributed by atoms with van der Waals surface area (Å²) >= 11 is 12.8. The third-order valence-electron chi connectivity index (χ3n) is 7.20. The smallest absolute Gasteiger partial charge is 0.336 e. The number of amides is 1. The van der Waals surface area contributed by atoms with Crippen molar-refractivity contribution in [3.63, 3.8) is 0 Å². The molecular formula is C33H28Cl2FN3O5. The summed E-state index contributed by atoms with van der Waals surface area (Å²) < 4.78 is 25.0. The lowest BCUT2D eigenvalue weighted by molar-refractivity contribution is 0.0697. The van der Waals surface area contributed by atoms with Gasteiger partial charge in [0.1, 0.15) is 11.6 Å². The molecule has 1 heterocycles. The molecule has 0 unspecified atom stereocenters. The third kappa shape index (κ3) is 5.93. The number of halogens is 3. The number of benzene rings is 4. The second-order valence-electron chi connectivity index (χ2n) is 9.94. The number of hydrogen-bond acceptors (Lipinski definition) is 5. The van der Waals surface area contributed by atoms with Crippen molar-refractivity contribution in [3.05, 3.63) is 93.7 Å². The van der Waals surface area contributed by atoms with Crippen LogP contribution in [0.15, 0.2) is 66.7 Å². The van der Waals surface area contributed by atoms with Crippen LogP contribution in [0.1, 0.15) is 40.5 Å². The Morgan fingerprint density at radius 1 is 0.977 bits per heavy atom. The predicted octanol–water partition coefficient (Wildman–Crippen LogP) is 8.51. The van der Waals surface area contributed by atoms with E-state index in [1.807, 2.05) is 6.92 Å². The van der Waals surface area contributed by atoms with E-state index >= 15 is 0 Å². The number of aromatic carboxylic acids is 1. The largest absolute Gasteiger partial charge is 0.495 e. The molecule has 2 N–H and O–H groups in total. The minimum absolute atomic E-state index is 0.0412. The van der Waals surface area contributed by atoms with Gasteiger partial charge in [0.2, 0.25) is 0 Å². The average Bonchev–Trinajstić information content (AvgIpc) is 3.43. The number of carbonyl (C=O) groups is 2. The van der Waals surface area contributed by atoms with Gasteiger partial charge in [-0.15, -0.1) is 0 Å². The molecule has 0 aliphatic rings. The molecule has 226 valence electrons. The molecule has 0 radical (unpaired) electrons. The van der Waals surface area contributed by atoms with Crippen molar-refractivity contribution in [3.8, 4) is 34.0 Å². The molecule has 0 bridgehead atoms. The summed E-state index contributed by atoms with van der Waals surface area (Å²) in [6.45, 7) is 2.39. The molecule has 0 aliphatic carbocycles. The highest BCUT2D eigenvalue weighted by atomic mass is 35.5. The number of unbranched alkanes of at least 4 members (excludes halogenated alkanes) is 1. The summed E-state index contributed by atoms with van der Waals surface area (Å²) in [5.74, 6) is -1.40. The number of anilines is 1. The number of carboxylic acid groups (broad SMARTS) is 1. The summed E-state index contributed by atoms with van der Waals surface area (Å²) in [5.41, 5.74) is 2.59. The first-order chi connectivity index (χ1) is 21.2. The zero-order valence-corrected chi connectivity index (χ0v) is 25.6. The zero-order valence-electron chi connectivity index (χ0n) is 24.1. The standard InChI is InChI=1S/C33H28Cl2FN3O5/c1-4-5-13-39(27-12-10-19(34)15-29(27)44-3)32(40)18-9-11-20(22(14-18)33(41)42)30-21(7-6-8-23(30)35)31-37-25-16-24(36)28(43-2)17-26(25)38-31/h6-12,14-17H,4-5,13H2,1-3H3,(H,37,38)(H,41,42). The van der Waals surface area contributed by atoms with E-state index in [4.69, 9.17) is 32.7 Å². The van der Waals surface area contributed by atoms with Crippen LogP contribution >= 0.6 is 23.2 Å². The normalized spacial score (nSPS) is 11.0. The average molecular weight is 637 g/mol. The van der Waals surface area contributed by atoms with Crippen molar-refractivity contribution in [2.24, 2.45) is 0 Å². The Balaban J connectivity index is 1.62. The Bertz CT molecular complexity index is 1890. The maximum Gasteiger partial charge on any atom is 0.336 e. The first-order valence-electron chi connectivity index (χ1n) is 13.7. The van der Waals surface area contributed by atoms with E-state index in [0.717, 1.165) is 6.42 Å². The van der Waals surface area contributed by atoms with Gasteiger partial charge < -0.3 is 24.5 Å². The highest BCUT2D eigenvalue weighted by molar-refractivity contribution is 6.34. The number of fused-ring (bicyclic) bond motifs is 1. The van der Waals surface area contributed by atoms with Crippen molar-refractivity contribution in [1.29, 1.82) is 0 Å². The van der Waals surface area contributed by atoms with E-state index in [1.54, 1.807) is 53.4 Å². The summed E-state index contributed by atoms with van der Waals surface area (Å²) in [6.07, 6.45) is 1.53. The topological polar surface area (TPSA) is 105 Å². The monoisotopic (exact) mass is 635 g/mol. The molecule has 1 aromatic heterocycles. The van der Waals surface area contributed by atoms with E-state index in [1.165, 1.54) is 32.4 Å². The van der Waals surface area contributed by atoms with Gasteiger partial charge in [0.15, 0.2) is 11.6 Å². The minimum atomic E-state index is -1.25. The van der Waals surface area contributed by atoms with Crippen molar-refractivity contribution >= 4 is 51.8 Å². The van der Waals surface area contributed by atoms with Crippen molar-refractivity contribution in [2.75, 3.05) is 25.7 Å². The number of carboxylic acids is 1. The molecule has 0 spiro atoms. The van der Waals surface area contributed by atoms with E-state index in [0.29, 0.717) is 57.4 Å². The van der Waals surface area contributed by atoms with Gasteiger partial charge in [-0.1, -0.05) is 54.7 Å². The van der Waals surface area contributed by atoms with Crippen LogP contribution in [0, 0.1) is 5.82 Å². The van der Waals surface area contributed by atoms with E-state index in [-0.39, 0.29) is 27.5 Å². The van der Waals surface area contributed by atoms with Crippen molar-refractivity contribution in [2.45, 2.75) is 19.8 Å².